The largest absolute Gasteiger partial charge is 0.361 e. The van der Waals surface area contributed by atoms with E-state index in [9.17, 15) is 0 Å². The quantitative estimate of drug-likeness (QED) is 0.806. The molecule has 1 aliphatic carbocycles. The molecule has 1 atom stereocenters. The van der Waals surface area contributed by atoms with E-state index >= 15 is 0 Å². The second kappa shape index (κ2) is 8.65. The minimum absolute atomic E-state index is 0.421. The van der Waals surface area contributed by atoms with E-state index in [0.717, 1.165) is 11.7 Å². The van der Waals surface area contributed by atoms with Gasteiger partial charge in [-0.05, 0) is 56.6 Å². The summed E-state index contributed by atoms with van der Waals surface area (Å²) >= 11 is 5.54. The van der Waals surface area contributed by atoms with Crippen molar-refractivity contribution < 1.29 is 0 Å². The van der Waals surface area contributed by atoms with Gasteiger partial charge in [0.25, 0.3) is 0 Å². The van der Waals surface area contributed by atoms with Gasteiger partial charge in [0, 0.05) is 12.6 Å². The van der Waals surface area contributed by atoms with E-state index < -0.39 is 0 Å². The van der Waals surface area contributed by atoms with Crippen LogP contribution in [0.25, 0.3) is 0 Å². The lowest BCUT2D eigenvalue weighted by Crippen LogP contribution is -2.45. The van der Waals surface area contributed by atoms with E-state index in [1.54, 1.807) is 0 Å². The third-order valence-electron chi connectivity index (χ3n) is 5.16. The van der Waals surface area contributed by atoms with Crippen molar-refractivity contribution in [2.75, 3.05) is 19.6 Å². The van der Waals surface area contributed by atoms with E-state index in [0.29, 0.717) is 12.1 Å². The van der Waals surface area contributed by atoms with Crippen LogP contribution in [0, 0.1) is 0 Å². The maximum absolute atomic E-state index is 5.54. The summed E-state index contributed by atoms with van der Waals surface area (Å²) in [6, 6.07) is 11.8. The Morgan fingerprint density at radius 3 is 2.43 bits per heavy atom. The van der Waals surface area contributed by atoms with Gasteiger partial charge in [0.05, 0.1) is 6.04 Å². The number of rotatable bonds is 5. The van der Waals surface area contributed by atoms with Crippen molar-refractivity contribution in [2.24, 2.45) is 0 Å². The molecule has 0 bridgehead atoms. The molecule has 1 saturated heterocycles. The van der Waals surface area contributed by atoms with E-state index in [1.807, 2.05) is 0 Å². The number of benzene rings is 1. The van der Waals surface area contributed by atoms with Gasteiger partial charge < -0.3 is 10.6 Å². The second-order valence-corrected chi connectivity index (χ2v) is 7.27. The Hall–Kier alpha value is -1.13. The zero-order valence-corrected chi connectivity index (χ0v) is 14.8. The molecular weight excluding hydrogens is 302 g/mol. The van der Waals surface area contributed by atoms with Crippen LogP contribution in [-0.2, 0) is 0 Å². The minimum Gasteiger partial charge on any atom is -0.361 e. The SMILES string of the molecule is S=C(NC[C@@H](c1ccccc1)N1CCCC1)NC1CCCCC1. The summed E-state index contributed by atoms with van der Waals surface area (Å²) in [5, 5.41) is 7.83. The number of thiocarbonyl (C=S) groups is 1. The third-order valence-corrected chi connectivity index (χ3v) is 5.42. The fourth-order valence-corrected chi connectivity index (χ4v) is 4.11. The third kappa shape index (κ3) is 4.92. The highest BCUT2D eigenvalue weighted by Gasteiger charge is 2.23. The Labute approximate surface area is 145 Å². The van der Waals surface area contributed by atoms with Crippen LogP contribution >= 0.6 is 12.2 Å². The topological polar surface area (TPSA) is 27.3 Å². The van der Waals surface area contributed by atoms with Crippen LogP contribution in [0.1, 0.15) is 56.6 Å². The standard InChI is InChI=1S/C19H29N3S/c23-19(21-17-11-5-2-6-12-17)20-15-18(22-13-7-8-14-22)16-9-3-1-4-10-16/h1,3-4,9-10,17-18H,2,5-8,11-15H2,(H2,20,21,23)/t18-/m0/s1. The van der Waals surface area contributed by atoms with Gasteiger partial charge in [-0.25, -0.2) is 0 Å². The Balaban J connectivity index is 1.54. The molecule has 3 nitrogen and oxygen atoms in total. The van der Waals surface area contributed by atoms with Gasteiger partial charge in [0.15, 0.2) is 5.11 Å². The Morgan fingerprint density at radius 2 is 1.74 bits per heavy atom. The molecule has 2 fully saturated rings. The zero-order chi connectivity index (χ0) is 15.9. The first-order chi connectivity index (χ1) is 11.3. The summed E-state index contributed by atoms with van der Waals surface area (Å²) in [7, 11) is 0. The number of nitrogens with zero attached hydrogens (tertiary/aromatic N) is 1. The predicted octanol–water partition coefficient (Wildman–Crippen LogP) is 3.62. The first-order valence-corrected chi connectivity index (χ1v) is 9.57. The van der Waals surface area contributed by atoms with Crippen LogP contribution in [0.2, 0.25) is 0 Å². The van der Waals surface area contributed by atoms with E-state index in [4.69, 9.17) is 12.2 Å². The van der Waals surface area contributed by atoms with Crippen molar-refractivity contribution in [1.29, 1.82) is 0 Å². The molecule has 1 aromatic carbocycles. The van der Waals surface area contributed by atoms with Crippen LogP contribution in [0.15, 0.2) is 30.3 Å². The van der Waals surface area contributed by atoms with E-state index in [2.05, 4.69) is 45.9 Å². The molecule has 1 saturated carbocycles. The molecule has 1 heterocycles. The van der Waals surface area contributed by atoms with Crippen molar-refractivity contribution in [3.05, 3.63) is 35.9 Å². The molecule has 0 radical (unpaired) electrons. The highest BCUT2D eigenvalue weighted by molar-refractivity contribution is 7.80. The molecule has 2 aliphatic rings. The van der Waals surface area contributed by atoms with Crippen LogP contribution in [0.5, 0.6) is 0 Å². The highest BCUT2D eigenvalue weighted by atomic mass is 32.1. The smallest absolute Gasteiger partial charge is 0.166 e. The van der Waals surface area contributed by atoms with Crippen molar-refractivity contribution >= 4 is 17.3 Å². The molecule has 4 heteroatoms. The fraction of sp³-hybridized carbons (Fsp3) is 0.632. The molecule has 0 unspecified atom stereocenters. The molecule has 0 amide bonds. The van der Waals surface area contributed by atoms with Crippen LogP contribution in [0.3, 0.4) is 0 Å². The zero-order valence-electron chi connectivity index (χ0n) is 14.0. The normalized spacial score (nSPS) is 21.0. The first kappa shape index (κ1) is 16.7. The van der Waals surface area contributed by atoms with Crippen LogP contribution in [-0.4, -0.2) is 35.7 Å². The second-order valence-electron chi connectivity index (χ2n) is 6.86. The lowest BCUT2D eigenvalue weighted by atomic mass is 9.96. The Morgan fingerprint density at radius 1 is 1.04 bits per heavy atom. The molecule has 0 spiro atoms. The lowest BCUT2D eigenvalue weighted by Gasteiger charge is -2.30. The lowest BCUT2D eigenvalue weighted by molar-refractivity contribution is 0.245. The summed E-state index contributed by atoms with van der Waals surface area (Å²) in [5.41, 5.74) is 1.39. The molecule has 126 valence electrons. The van der Waals surface area contributed by atoms with Crippen LogP contribution in [0.4, 0.5) is 0 Å². The maximum atomic E-state index is 5.54. The van der Waals surface area contributed by atoms with Gasteiger partial charge >= 0.3 is 0 Å². The molecule has 0 aromatic heterocycles. The van der Waals surface area contributed by atoms with Crippen molar-refractivity contribution in [3.8, 4) is 0 Å². The summed E-state index contributed by atoms with van der Waals surface area (Å²) in [5.74, 6) is 0. The molecule has 1 aromatic rings. The summed E-state index contributed by atoms with van der Waals surface area (Å²) < 4.78 is 0. The van der Waals surface area contributed by atoms with Crippen molar-refractivity contribution in [3.63, 3.8) is 0 Å². The van der Waals surface area contributed by atoms with Gasteiger partial charge in [0.2, 0.25) is 0 Å². The van der Waals surface area contributed by atoms with Crippen LogP contribution < -0.4 is 10.6 Å². The highest BCUT2D eigenvalue weighted by Crippen LogP contribution is 2.24. The summed E-state index contributed by atoms with van der Waals surface area (Å²) in [4.78, 5) is 2.59. The summed E-state index contributed by atoms with van der Waals surface area (Å²) in [6.07, 6.45) is 9.19. The van der Waals surface area contributed by atoms with Gasteiger partial charge in [-0.15, -0.1) is 0 Å². The number of hydrogen-bond donors (Lipinski definition) is 2. The molecular formula is C19H29N3S. The Kier molecular flexibility index (Phi) is 6.29. The summed E-state index contributed by atoms with van der Waals surface area (Å²) in [6.45, 7) is 3.29. The monoisotopic (exact) mass is 331 g/mol. The molecule has 2 N–H and O–H groups in total. The average Bonchev–Trinajstić information content (AvgIpc) is 3.11. The molecule has 23 heavy (non-hydrogen) atoms. The predicted molar refractivity (Wildman–Crippen MR) is 101 cm³/mol. The van der Waals surface area contributed by atoms with E-state index in [1.165, 1.54) is 63.6 Å². The Bertz CT molecular complexity index is 479. The van der Waals surface area contributed by atoms with Gasteiger partial charge in [-0.3, -0.25) is 4.90 Å². The van der Waals surface area contributed by atoms with Gasteiger partial charge in [-0.1, -0.05) is 49.6 Å². The first-order valence-electron chi connectivity index (χ1n) is 9.16. The number of nitrogens with one attached hydrogen (secondary N) is 2. The van der Waals surface area contributed by atoms with Gasteiger partial charge in [0.1, 0.15) is 0 Å². The molecule has 3 rings (SSSR count). The number of likely N-dealkylation sites (tertiary alicyclic amines) is 1. The van der Waals surface area contributed by atoms with Crippen molar-refractivity contribution in [1.82, 2.24) is 15.5 Å². The van der Waals surface area contributed by atoms with E-state index in [-0.39, 0.29) is 0 Å². The van der Waals surface area contributed by atoms with Gasteiger partial charge in [-0.2, -0.15) is 0 Å². The minimum atomic E-state index is 0.421. The fourth-order valence-electron chi connectivity index (χ4n) is 3.86. The maximum Gasteiger partial charge on any atom is 0.166 e. The number of hydrogen-bond acceptors (Lipinski definition) is 2. The van der Waals surface area contributed by atoms with Crippen molar-refractivity contribution in [2.45, 2.75) is 57.0 Å². The average molecular weight is 332 g/mol. The molecule has 1 aliphatic heterocycles.